The molecule has 5 heteroatoms. The Hall–Kier alpha value is -0.710. The van der Waals surface area contributed by atoms with Crippen LogP contribution in [-0.2, 0) is 4.79 Å². The molecule has 1 heterocycles. The molecule has 20 heavy (non-hydrogen) atoms. The zero-order valence-electron chi connectivity index (χ0n) is 11.9. The third kappa shape index (κ3) is 3.30. The summed E-state index contributed by atoms with van der Waals surface area (Å²) >= 11 is 8.02. The average Bonchev–Trinajstić information content (AvgIpc) is 2.77. The van der Waals surface area contributed by atoms with Crippen molar-refractivity contribution in [2.75, 3.05) is 19.6 Å². The highest BCUT2D eigenvalue weighted by atomic mass is 35.5. The molecular weight excluding hydrogens is 292 g/mol. The van der Waals surface area contributed by atoms with Gasteiger partial charge in [-0.3, -0.25) is 4.79 Å². The van der Waals surface area contributed by atoms with E-state index in [2.05, 4.69) is 19.2 Å². The number of halogens is 1. The fourth-order valence-corrected chi connectivity index (χ4v) is 4.15. The van der Waals surface area contributed by atoms with Crippen molar-refractivity contribution in [1.82, 2.24) is 10.2 Å². The highest BCUT2D eigenvalue weighted by molar-refractivity contribution is 8.01. The van der Waals surface area contributed by atoms with Crippen molar-refractivity contribution in [2.24, 2.45) is 0 Å². The molecule has 0 saturated carbocycles. The van der Waals surface area contributed by atoms with Gasteiger partial charge in [0, 0.05) is 23.7 Å². The molecule has 0 radical (unpaired) electrons. The molecule has 0 spiro atoms. The molecule has 2 unspecified atom stereocenters. The number of nitrogens with one attached hydrogen (secondary N) is 1. The second kappa shape index (κ2) is 7.34. The van der Waals surface area contributed by atoms with Crippen LogP contribution in [-0.4, -0.2) is 35.7 Å². The van der Waals surface area contributed by atoms with Crippen LogP contribution in [0.1, 0.15) is 31.2 Å². The Morgan fingerprint density at radius 3 is 2.75 bits per heavy atom. The van der Waals surface area contributed by atoms with E-state index in [1.165, 1.54) is 0 Å². The molecule has 2 atom stereocenters. The number of benzene rings is 1. The van der Waals surface area contributed by atoms with Crippen molar-refractivity contribution < 1.29 is 4.79 Å². The van der Waals surface area contributed by atoms with E-state index in [9.17, 15) is 4.79 Å². The number of carbonyl (C=O) groups is 1. The number of amides is 1. The van der Waals surface area contributed by atoms with E-state index in [4.69, 9.17) is 11.6 Å². The minimum atomic E-state index is 0.0415. The zero-order valence-corrected chi connectivity index (χ0v) is 13.5. The molecule has 3 nitrogen and oxygen atoms in total. The van der Waals surface area contributed by atoms with Gasteiger partial charge in [-0.25, -0.2) is 0 Å². The quantitative estimate of drug-likeness (QED) is 0.818. The fraction of sp³-hybridized carbons (Fsp3) is 0.533. The third-order valence-corrected chi connectivity index (χ3v) is 5.43. The topological polar surface area (TPSA) is 32.3 Å². The summed E-state index contributed by atoms with van der Waals surface area (Å²) in [5.74, 6) is 0.236. The van der Waals surface area contributed by atoms with Gasteiger partial charge >= 0.3 is 0 Å². The van der Waals surface area contributed by atoms with E-state index in [0.29, 0.717) is 0 Å². The summed E-state index contributed by atoms with van der Waals surface area (Å²) in [6.45, 7) is 6.60. The zero-order chi connectivity index (χ0) is 14.5. The number of likely N-dealkylation sites (N-methyl/N-ethyl adjacent to an activating group) is 1. The maximum Gasteiger partial charge on any atom is 0.236 e. The van der Waals surface area contributed by atoms with Crippen molar-refractivity contribution >= 4 is 29.3 Å². The van der Waals surface area contributed by atoms with Crippen LogP contribution < -0.4 is 5.32 Å². The van der Waals surface area contributed by atoms with Crippen molar-refractivity contribution in [3.05, 3.63) is 34.9 Å². The molecule has 1 fully saturated rings. The van der Waals surface area contributed by atoms with Crippen LogP contribution >= 0.6 is 23.4 Å². The molecule has 1 amide bonds. The van der Waals surface area contributed by atoms with E-state index in [-0.39, 0.29) is 16.5 Å². The summed E-state index contributed by atoms with van der Waals surface area (Å²) in [6, 6.07) is 7.82. The number of rotatable bonds is 6. The molecule has 1 aliphatic heterocycles. The van der Waals surface area contributed by atoms with Crippen LogP contribution in [0.15, 0.2) is 24.3 Å². The molecule has 0 aromatic heterocycles. The third-order valence-electron chi connectivity index (χ3n) is 3.46. The van der Waals surface area contributed by atoms with Gasteiger partial charge < -0.3 is 10.2 Å². The minimum Gasteiger partial charge on any atom is -0.324 e. The van der Waals surface area contributed by atoms with Crippen LogP contribution in [0.4, 0.5) is 0 Å². The van der Waals surface area contributed by atoms with Gasteiger partial charge in [0.05, 0.1) is 5.25 Å². The van der Waals surface area contributed by atoms with E-state index in [1.807, 2.05) is 29.2 Å². The van der Waals surface area contributed by atoms with Crippen molar-refractivity contribution in [2.45, 2.75) is 30.9 Å². The summed E-state index contributed by atoms with van der Waals surface area (Å²) < 4.78 is 0. The highest BCUT2D eigenvalue weighted by Crippen LogP contribution is 2.45. The Labute approximate surface area is 130 Å². The van der Waals surface area contributed by atoms with Gasteiger partial charge in [-0.2, -0.15) is 0 Å². The first-order valence-corrected chi connectivity index (χ1v) is 8.42. The second-order valence-corrected chi connectivity index (χ2v) is 6.49. The highest BCUT2D eigenvalue weighted by Gasteiger charge is 2.40. The number of nitrogens with zero attached hydrogens (tertiary/aromatic N) is 1. The fourth-order valence-electron chi connectivity index (χ4n) is 2.38. The van der Waals surface area contributed by atoms with Gasteiger partial charge in [0.25, 0.3) is 0 Å². The summed E-state index contributed by atoms with van der Waals surface area (Å²) in [5, 5.41) is 4.11. The maximum absolute atomic E-state index is 12.5. The van der Waals surface area contributed by atoms with Gasteiger partial charge in [0.1, 0.15) is 5.37 Å². The van der Waals surface area contributed by atoms with Gasteiger partial charge in [-0.1, -0.05) is 43.6 Å². The normalized spacial score (nSPS) is 22.6. The predicted molar refractivity (Wildman–Crippen MR) is 86.1 cm³/mol. The van der Waals surface area contributed by atoms with E-state index < -0.39 is 0 Å². The predicted octanol–water partition coefficient (Wildman–Crippen LogP) is 3.30. The Morgan fingerprint density at radius 2 is 2.10 bits per heavy atom. The minimum absolute atomic E-state index is 0.0415. The summed E-state index contributed by atoms with van der Waals surface area (Å²) in [6.07, 6.45) is 0.863. The molecule has 1 aromatic rings. The lowest BCUT2D eigenvalue weighted by atomic mass is 10.2. The molecule has 1 saturated heterocycles. The first kappa shape index (κ1) is 15.7. The molecule has 1 N–H and O–H groups in total. The number of hydrogen-bond acceptors (Lipinski definition) is 3. The van der Waals surface area contributed by atoms with Gasteiger partial charge in [0.2, 0.25) is 5.91 Å². The molecule has 0 aliphatic carbocycles. The van der Waals surface area contributed by atoms with Crippen molar-refractivity contribution in [1.29, 1.82) is 0 Å². The first-order chi connectivity index (χ1) is 9.69. The van der Waals surface area contributed by atoms with Crippen LogP contribution in [0.25, 0.3) is 0 Å². The lowest BCUT2D eigenvalue weighted by Crippen LogP contribution is -2.36. The van der Waals surface area contributed by atoms with Crippen LogP contribution in [0.5, 0.6) is 0 Å². The number of carbonyl (C=O) groups excluding carboxylic acids is 1. The number of hydrogen-bond donors (Lipinski definition) is 1. The molecule has 1 aromatic carbocycles. The van der Waals surface area contributed by atoms with E-state index in [0.717, 1.165) is 36.6 Å². The molecular formula is C15H21ClN2OS. The van der Waals surface area contributed by atoms with Crippen LogP contribution in [0, 0.1) is 0 Å². The Kier molecular flexibility index (Phi) is 5.75. The summed E-state index contributed by atoms with van der Waals surface area (Å²) in [5.41, 5.74) is 1.04. The van der Waals surface area contributed by atoms with Gasteiger partial charge in [-0.05, 0) is 19.0 Å². The van der Waals surface area contributed by atoms with E-state index >= 15 is 0 Å². The Balaban J connectivity index is 2.20. The molecule has 2 rings (SSSR count). The van der Waals surface area contributed by atoms with Gasteiger partial charge in [-0.15, -0.1) is 11.8 Å². The summed E-state index contributed by atoms with van der Waals surface area (Å²) in [7, 11) is 0. The standard InChI is InChI=1S/C15H21ClN2OS/c1-3-13-14(19)18(10-9-17-4-2)15(20-13)11-7-5-6-8-12(11)16/h5-8,13,15,17H,3-4,9-10H2,1-2H3. The monoisotopic (exact) mass is 312 g/mol. The second-order valence-electron chi connectivity index (χ2n) is 4.79. The number of thioether (sulfide) groups is 1. The van der Waals surface area contributed by atoms with Crippen LogP contribution in [0.3, 0.4) is 0 Å². The first-order valence-electron chi connectivity index (χ1n) is 7.10. The maximum atomic E-state index is 12.5. The Bertz CT molecular complexity index is 469. The lowest BCUT2D eigenvalue weighted by molar-refractivity contribution is -0.130. The Morgan fingerprint density at radius 1 is 1.35 bits per heavy atom. The SMILES string of the molecule is CCNCCN1C(=O)C(CC)SC1c1ccccc1Cl. The van der Waals surface area contributed by atoms with E-state index in [1.54, 1.807) is 11.8 Å². The summed E-state index contributed by atoms with van der Waals surface area (Å²) in [4.78, 5) is 14.4. The van der Waals surface area contributed by atoms with Crippen molar-refractivity contribution in [3.63, 3.8) is 0 Å². The van der Waals surface area contributed by atoms with Crippen LogP contribution in [0.2, 0.25) is 5.02 Å². The van der Waals surface area contributed by atoms with Gasteiger partial charge in [0.15, 0.2) is 0 Å². The average molecular weight is 313 g/mol. The molecule has 0 bridgehead atoms. The molecule has 1 aliphatic rings. The largest absolute Gasteiger partial charge is 0.324 e. The van der Waals surface area contributed by atoms with Crippen molar-refractivity contribution in [3.8, 4) is 0 Å². The lowest BCUT2D eigenvalue weighted by Gasteiger charge is -2.25. The molecule has 110 valence electrons. The smallest absolute Gasteiger partial charge is 0.236 e.